The summed E-state index contributed by atoms with van der Waals surface area (Å²) in [5.74, 6) is 0. The SMILES string of the molecule is C[NH+]([O-])c1ccc([NH+]([O-])c2cccc([NH+](C)[O-])c2)cc1. The first-order chi connectivity index (χ1) is 9.49. The van der Waals surface area contributed by atoms with E-state index in [0.29, 0.717) is 22.7 Å². The number of rotatable bonds is 4. The van der Waals surface area contributed by atoms with Gasteiger partial charge in [-0.1, -0.05) is 6.07 Å². The maximum absolute atomic E-state index is 12.3. The normalized spacial score (nSPS) is 15.7. The highest BCUT2D eigenvalue weighted by Gasteiger charge is 2.10. The van der Waals surface area contributed by atoms with Crippen LogP contribution in [0.15, 0.2) is 48.5 Å². The van der Waals surface area contributed by atoms with Crippen molar-refractivity contribution < 1.29 is 15.2 Å². The number of benzene rings is 2. The van der Waals surface area contributed by atoms with Gasteiger partial charge in [-0.25, -0.2) is 0 Å². The molecule has 0 bridgehead atoms. The number of hydrogen-bond donors (Lipinski definition) is 3. The van der Waals surface area contributed by atoms with Gasteiger partial charge in [0.25, 0.3) is 0 Å². The number of quaternary nitrogens is 3. The second-order valence-corrected chi connectivity index (χ2v) is 4.60. The minimum absolute atomic E-state index is 0.0393. The molecule has 20 heavy (non-hydrogen) atoms. The van der Waals surface area contributed by atoms with Crippen molar-refractivity contribution in [2.24, 2.45) is 0 Å². The first kappa shape index (κ1) is 14.6. The third-order valence-electron chi connectivity index (χ3n) is 3.08. The molecule has 106 valence electrons. The van der Waals surface area contributed by atoms with Crippen LogP contribution in [-0.4, -0.2) is 14.1 Å². The van der Waals surface area contributed by atoms with Crippen LogP contribution >= 0.6 is 0 Å². The summed E-state index contributed by atoms with van der Waals surface area (Å²) in [6.07, 6.45) is 0. The van der Waals surface area contributed by atoms with E-state index in [1.54, 1.807) is 48.5 Å². The minimum Gasteiger partial charge on any atom is -0.629 e. The number of hydroxylamine groups is 2. The summed E-state index contributed by atoms with van der Waals surface area (Å²) < 4.78 is 0. The predicted molar refractivity (Wildman–Crippen MR) is 76.4 cm³/mol. The summed E-state index contributed by atoms with van der Waals surface area (Å²) in [5.41, 5.74) is 2.04. The Balaban J connectivity index is 2.26. The molecule has 2 aromatic carbocycles. The molecule has 6 nitrogen and oxygen atoms in total. The Kier molecular flexibility index (Phi) is 4.46. The van der Waals surface area contributed by atoms with E-state index in [4.69, 9.17) is 0 Å². The summed E-state index contributed by atoms with van der Waals surface area (Å²) in [5, 5.41) is 34.5. The van der Waals surface area contributed by atoms with E-state index in [9.17, 15) is 15.6 Å². The summed E-state index contributed by atoms with van der Waals surface area (Å²) >= 11 is 0. The maximum Gasteiger partial charge on any atom is 0.142 e. The van der Waals surface area contributed by atoms with Crippen LogP contribution in [0, 0.1) is 15.6 Å². The van der Waals surface area contributed by atoms with Crippen LogP contribution in [0.25, 0.3) is 0 Å². The molecular weight excluding hydrogens is 258 g/mol. The van der Waals surface area contributed by atoms with Crippen molar-refractivity contribution in [3.05, 3.63) is 64.2 Å². The first-order valence-corrected chi connectivity index (χ1v) is 6.26. The Morgan fingerprint density at radius 2 is 1.15 bits per heavy atom. The minimum atomic E-state index is -0.164. The third kappa shape index (κ3) is 3.20. The molecule has 0 aliphatic rings. The van der Waals surface area contributed by atoms with Crippen molar-refractivity contribution in [3.8, 4) is 0 Å². The van der Waals surface area contributed by atoms with Crippen LogP contribution in [-0.2, 0) is 0 Å². The predicted octanol–water partition coefficient (Wildman–Crippen LogP) is -0.679. The summed E-state index contributed by atoms with van der Waals surface area (Å²) in [4.78, 5) is 0. The molecule has 0 aliphatic heterocycles. The zero-order valence-electron chi connectivity index (χ0n) is 11.3. The molecule has 0 saturated carbocycles. The fourth-order valence-corrected chi connectivity index (χ4v) is 1.90. The van der Waals surface area contributed by atoms with Gasteiger partial charge >= 0.3 is 0 Å². The van der Waals surface area contributed by atoms with Crippen molar-refractivity contribution in [2.75, 3.05) is 14.1 Å². The average molecular weight is 275 g/mol. The standard InChI is InChI=1S/C14H17N3O3/c1-15(18)11-6-8-12(9-7-11)17(20)14-5-3-4-13(10-14)16(2)19/h3-10,15-17H,1-2H3. The lowest BCUT2D eigenvalue weighted by Gasteiger charge is -2.23. The number of nitrogens with one attached hydrogen (secondary N) is 3. The lowest BCUT2D eigenvalue weighted by atomic mass is 10.2. The van der Waals surface area contributed by atoms with Crippen molar-refractivity contribution in [3.63, 3.8) is 0 Å². The molecule has 6 heteroatoms. The van der Waals surface area contributed by atoms with Crippen LogP contribution in [0.2, 0.25) is 0 Å². The highest BCUT2D eigenvalue weighted by atomic mass is 16.5. The molecule has 3 N–H and O–H groups in total. The quantitative estimate of drug-likeness (QED) is 0.647. The molecule has 0 amide bonds. The van der Waals surface area contributed by atoms with Gasteiger partial charge in [-0.2, -0.15) is 0 Å². The number of hydrogen-bond acceptors (Lipinski definition) is 3. The molecular formula is C14H17N3O3. The Labute approximate surface area is 117 Å². The van der Waals surface area contributed by atoms with E-state index >= 15 is 0 Å². The Morgan fingerprint density at radius 3 is 1.70 bits per heavy atom. The van der Waals surface area contributed by atoms with Gasteiger partial charge in [0.15, 0.2) is 0 Å². The molecule has 3 atom stereocenters. The van der Waals surface area contributed by atoms with Crippen LogP contribution in [0.4, 0.5) is 22.7 Å². The highest BCUT2D eigenvalue weighted by molar-refractivity contribution is 5.46. The van der Waals surface area contributed by atoms with E-state index in [2.05, 4.69) is 0 Å². The van der Waals surface area contributed by atoms with Crippen molar-refractivity contribution in [2.45, 2.75) is 0 Å². The van der Waals surface area contributed by atoms with E-state index in [-0.39, 0.29) is 15.2 Å². The molecule has 0 saturated heterocycles. The summed E-state index contributed by atoms with van der Waals surface area (Å²) in [7, 11) is 2.94. The molecule has 0 fully saturated rings. The van der Waals surface area contributed by atoms with Gasteiger partial charge < -0.3 is 30.8 Å². The highest BCUT2D eigenvalue weighted by Crippen LogP contribution is 2.12. The van der Waals surface area contributed by atoms with Crippen molar-refractivity contribution in [1.29, 1.82) is 0 Å². The molecule has 3 unspecified atom stereocenters. The van der Waals surface area contributed by atoms with Gasteiger partial charge in [-0.3, -0.25) is 0 Å². The zero-order valence-corrected chi connectivity index (χ0v) is 11.3. The molecule has 0 heterocycles. The Hall–Kier alpha value is -1.80. The van der Waals surface area contributed by atoms with E-state index in [1.807, 2.05) is 0 Å². The molecule has 0 aliphatic carbocycles. The van der Waals surface area contributed by atoms with Crippen molar-refractivity contribution in [1.82, 2.24) is 0 Å². The molecule has 0 aromatic heterocycles. The summed E-state index contributed by atoms with van der Waals surface area (Å²) in [6, 6.07) is 13.1. The van der Waals surface area contributed by atoms with E-state index in [1.165, 1.54) is 14.1 Å². The lowest BCUT2D eigenvalue weighted by molar-refractivity contribution is -0.752. The monoisotopic (exact) mass is 275 g/mol. The second kappa shape index (κ2) is 6.10. The summed E-state index contributed by atoms with van der Waals surface area (Å²) in [6.45, 7) is 0. The van der Waals surface area contributed by atoms with Crippen LogP contribution < -0.4 is 15.2 Å². The fraction of sp³-hybridized carbons (Fsp3) is 0.143. The Morgan fingerprint density at radius 1 is 0.650 bits per heavy atom. The fourth-order valence-electron chi connectivity index (χ4n) is 1.90. The van der Waals surface area contributed by atoms with Gasteiger partial charge in [0.1, 0.15) is 22.7 Å². The van der Waals surface area contributed by atoms with Gasteiger partial charge in [0, 0.05) is 30.3 Å². The second-order valence-electron chi connectivity index (χ2n) is 4.60. The molecule has 0 spiro atoms. The topological polar surface area (TPSA) is 82.5 Å². The third-order valence-corrected chi connectivity index (χ3v) is 3.08. The van der Waals surface area contributed by atoms with Crippen LogP contribution in [0.3, 0.4) is 0 Å². The molecule has 2 aromatic rings. The average Bonchev–Trinajstić information content (AvgIpc) is 2.46. The lowest BCUT2D eigenvalue weighted by Crippen LogP contribution is -2.99. The van der Waals surface area contributed by atoms with Gasteiger partial charge in [0.05, 0.1) is 20.2 Å². The smallest absolute Gasteiger partial charge is 0.142 e. The maximum atomic E-state index is 12.3. The molecule has 0 radical (unpaired) electrons. The largest absolute Gasteiger partial charge is 0.629 e. The first-order valence-electron chi connectivity index (χ1n) is 6.26. The molecule has 2 rings (SSSR count). The van der Waals surface area contributed by atoms with E-state index in [0.717, 1.165) is 0 Å². The van der Waals surface area contributed by atoms with Gasteiger partial charge in [-0.05, 0) is 6.07 Å². The Bertz CT molecular complexity index is 570. The van der Waals surface area contributed by atoms with Gasteiger partial charge in [-0.15, -0.1) is 0 Å². The van der Waals surface area contributed by atoms with Gasteiger partial charge in [0.2, 0.25) is 0 Å². The van der Waals surface area contributed by atoms with Crippen LogP contribution in [0.1, 0.15) is 0 Å². The van der Waals surface area contributed by atoms with E-state index < -0.39 is 0 Å². The van der Waals surface area contributed by atoms with Crippen molar-refractivity contribution >= 4 is 22.7 Å². The zero-order chi connectivity index (χ0) is 14.7. The van der Waals surface area contributed by atoms with Crippen LogP contribution in [0.5, 0.6) is 0 Å².